The Bertz CT molecular complexity index is 858. The van der Waals surface area contributed by atoms with Crippen molar-refractivity contribution in [2.24, 2.45) is 17.6 Å². The SMILES string of the molecule is CC(C)CC(NC(=O)C(N)Cc1ccccc1)C(=O)NC(C(=O)N1CCCC1C(=O)O)C(C)C. The molecule has 5 N–H and O–H groups in total. The molecule has 1 aliphatic heterocycles. The van der Waals surface area contributed by atoms with Gasteiger partial charge < -0.3 is 26.4 Å². The van der Waals surface area contributed by atoms with E-state index < -0.39 is 47.9 Å². The van der Waals surface area contributed by atoms with Crippen LogP contribution in [0.2, 0.25) is 0 Å². The van der Waals surface area contributed by atoms with Crippen molar-refractivity contribution >= 4 is 23.7 Å². The molecule has 1 aromatic carbocycles. The number of carboxylic acids is 1. The van der Waals surface area contributed by atoms with Gasteiger partial charge in [0.2, 0.25) is 17.7 Å². The maximum atomic E-state index is 13.2. The molecule has 0 spiro atoms. The largest absolute Gasteiger partial charge is 0.480 e. The third-order valence-corrected chi connectivity index (χ3v) is 6.03. The van der Waals surface area contributed by atoms with Gasteiger partial charge in [-0.3, -0.25) is 14.4 Å². The molecule has 1 heterocycles. The topological polar surface area (TPSA) is 142 Å². The van der Waals surface area contributed by atoms with Crippen LogP contribution in [0.15, 0.2) is 30.3 Å². The first-order chi connectivity index (χ1) is 16.0. The zero-order valence-corrected chi connectivity index (χ0v) is 20.5. The Kier molecular flexibility index (Phi) is 10.0. The number of hydrogen-bond donors (Lipinski definition) is 4. The van der Waals surface area contributed by atoms with E-state index in [-0.39, 0.29) is 11.8 Å². The molecule has 1 aliphatic rings. The maximum Gasteiger partial charge on any atom is 0.326 e. The summed E-state index contributed by atoms with van der Waals surface area (Å²) in [6, 6.07) is 5.92. The normalized spacial score (nSPS) is 18.4. The number of carbonyl (C=O) groups is 4. The van der Waals surface area contributed by atoms with E-state index in [0.29, 0.717) is 32.2 Å². The van der Waals surface area contributed by atoms with Crippen LogP contribution in [-0.2, 0) is 25.6 Å². The van der Waals surface area contributed by atoms with Crippen LogP contribution < -0.4 is 16.4 Å². The number of rotatable bonds is 11. The third-order valence-electron chi connectivity index (χ3n) is 6.03. The fourth-order valence-corrected chi connectivity index (χ4v) is 4.18. The number of likely N-dealkylation sites (tertiary alicyclic amines) is 1. The lowest BCUT2D eigenvalue weighted by Crippen LogP contribution is -2.58. The number of nitrogens with zero attached hydrogens (tertiary/aromatic N) is 1. The molecule has 0 aliphatic carbocycles. The van der Waals surface area contributed by atoms with Crippen molar-refractivity contribution in [1.29, 1.82) is 0 Å². The van der Waals surface area contributed by atoms with Gasteiger partial charge in [-0.25, -0.2) is 4.79 Å². The number of nitrogens with two attached hydrogens (primary N) is 1. The molecule has 3 amide bonds. The number of carboxylic acid groups (broad SMARTS) is 1. The Morgan fingerprint density at radius 2 is 1.71 bits per heavy atom. The summed E-state index contributed by atoms with van der Waals surface area (Å²) in [6.07, 6.45) is 1.70. The van der Waals surface area contributed by atoms with Gasteiger partial charge in [-0.15, -0.1) is 0 Å². The Hall–Kier alpha value is -2.94. The van der Waals surface area contributed by atoms with Gasteiger partial charge in [-0.1, -0.05) is 58.0 Å². The van der Waals surface area contributed by atoms with Crippen molar-refractivity contribution in [2.45, 2.75) is 77.5 Å². The molecule has 9 heteroatoms. The second-order valence-electron chi connectivity index (χ2n) is 9.75. The number of hydrogen-bond acceptors (Lipinski definition) is 5. The van der Waals surface area contributed by atoms with Gasteiger partial charge in [0, 0.05) is 6.54 Å². The van der Waals surface area contributed by atoms with Crippen LogP contribution in [0.4, 0.5) is 0 Å². The van der Waals surface area contributed by atoms with Gasteiger partial charge in [0.1, 0.15) is 18.1 Å². The van der Waals surface area contributed by atoms with Crippen LogP contribution >= 0.6 is 0 Å². The summed E-state index contributed by atoms with van der Waals surface area (Å²) in [7, 11) is 0. The number of benzene rings is 1. The maximum absolute atomic E-state index is 13.2. The van der Waals surface area contributed by atoms with Crippen molar-refractivity contribution < 1.29 is 24.3 Å². The van der Waals surface area contributed by atoms with Gasteiger partial charge in [0.05, 0.1) is 6.04 Å². The number of carbonyl (C=O) groups excluding carboxylic acids is 3. The number of nitrogens with one attached hydrogen (secondary N) is 2. The summed E-state index contributed by atoms with van der Waals surface area (Å²) in [6.45, 7) is 7.79. The summed E-state index contributed by atoms with van der Waals surface area (Å²) < 4.78 is 0. The van der Waals surface area contributed by atoms with Crippen molar-refractivity contribution in [2.75, 3.05) is 6.54 Å². The molecule has 9 nitrogen and oxygen atoms in total. The minimum atomic E-state index is -1.04. The van der Waals surface area contributed by atoms with E-state index >= 15 is 0 Å². The minimum Gasteiger partial charge on any atom is -0.480 e. The lowest BCUT2D eigenvalue weighted by atomic mass is 9.98. The minimum absolute atomic E-state index is 0.101. The number of amides is 3. The highest BCUT2D eigenvalue weighted by molar-refractivity contribution is 5.94. The van der Waals surface area contributed by atoms with Crippen LogP contribution in [0.5, 0.6) is 0 Å². The van der Waals surface area contributed by atoms with E-state index in [2.05, 4.69) is 10.6 Å². The zero-order chi connectivity index (χ0) is 25.4. The lowest BCUT2D eigenvalue weighted by Gasteiger charge is -2.31. The molecule has 1 saturated heterocycles. The van der Waals surface area contributed by atoms with Crippen LogP contribution in [0.3, 0.4) is 0 Å². The molecular weight excluding hydrogens is 436 g/mol. The zero-order valence-electron chi connectivity index (χ0n) is 20.5. The number of aliphatic carboxylic acids is 1. The summed E-state index contributed by atoms with van der Waals surface area (Å²) in [4.78, 5) is 52.0. The van der Waals surface area contributed by atoms with E-state index in [1.165, 1.54) is 4.90 Å². The Balaban J connectivity index is 2.10. The molecule has 2 rings (SSSR count). The second kappa shape index (κ2) is 12.5. The first kappa shape index (κ1) is 27.3. The quantitative estimate of drug-likeness (QED) is 0.381. The lowest BCUT2D eigenvalue weighted by molar-refractivity contribution is -0.150. The molecule has 0 bridgehead atoms. The van der Waals surface area contributed by atoms with Crippen molar-refractivity contribution in [3.63, 3.8) is 0 Å². The van der Waals surface area contributed by atoms with Crippen molar-refractivity contribution in [3.8, 4) is 0 Å². The fourth-order valence-electron chi connectivity index (χ4n) is 4.18. The Labute approximate surface area is 201 Å². The molecule has 4 unspecified atom stereocenters. The molecule has 34 heavy (non-hydrogen) atoms. The van der Waals surface area contributed by atoms with Gasteiger partial charge in [0.15, 0.2) is 0 Å². The molecule has 188 valence electrons. The average Bonchev–Trinajstić information content (AvgIpc) is 3.27. The summed E-state index contributed by atoms with van der Waals surface area (Å²) in [5.74, 6) is -2.54. The fraction of sp³-hybridized carbons (Fsp3) is 0.600. The molecule has 4 atom stereocenters. The monoisotopic (exact) mass is 474 g/mol. The Morgan fingerprint density at radius 3 is 2.26 bits per heavy atom. The molecular formula is C25H38N4O5. The van der Waals surface area contributed by atoms with E-state index in [1.807, 2.05) is 44.2 Å². The van der Waals surface area contributed by atoms with Crippen LogP contribution in [-0.4, -0.2) is 64.4 Å². The summed E-state index contributed by atoms with van der Waals surface area (Å²) in [5, 5.41) is 15.0. The smallest absolute Gasteiger partial charge is 0.326 e. The van der Waals surface area contributed by atoms with E-state index in [4.69, 9.17) is 5.73 Å². The Morgan fingerprint density at radius 1 is 1.06 bits per heavy atom. The van der Waals surface area contributed by atoms with Crippen LogP contribution in [0.25, 0.3) is 0 Å². The first-order valence-corrected chi connectivity index (χ1v) is 11.9. The predicted octanol–water partition coefficient (Wildman–Crippen LogP) is 1.30. The molecule has 1 fully saturated rings. The average molecular weight is 475 g/mol. The highest BCUT2D eigenvalue weighted by atomic mass is 16.4. The summed E-state index contributed by atoms with van der Waals surface area (Å²) in [5.41, 5.74) is 7.01. The third kappa shape index (κ3) is 7.55. The van der Waals surface area contributed by atoms with Gasteiger partial charge in [-0.05, 0) is 43.1 Å². The summed E-state index contributed by atoms with van der Waals surface area (Å²) >= 11 is 0. The highest BCUT2D eigenvalue weighted by Crippen LogP contribution is 2.20. The molecule has 0 saturated carbocycles. The first-order valence-electron chi connectivity index (χ1n) is 11.9. The van der Waals surface area contributed by atoms with Gasteiger partial charge in [0.25, 0.3) is 0 Å². The van der Waals surface area contributed by atoms with E-state index in [0.717, 1.165) is 5.56 Å². The van der Waals surface area contributed by atoms with Crippen molar-refractivity contribution in [1.82, 2.24) is 15.5 Å². The second-order valence-corrected chi connectivity index (χ2v) is 9.75. The molecule has 0 aromatic heterocycles. The van der Waals surface area contributed by atoms with Gasteiger partial charge >= 0.3 is 5.97 Å². The van der Waals surface area contributed by atoms with E-state index in [9.17, 15) is 24.3 Å². The van der Waals surface area contributed by atoms with Crippen LogP contribution in [0.1, 0.15) is 52.5 Å². The van der Waals surface area contributed by atoms with Crippen molar-refractivity contribution in [3.05, 3.63) is 35.9 Å². The highest BCUT2D eigenvalue weighted by Gasteiger charge is 2.39. The van der Waals surface area contributed by atoms with Gasteiger partial charge in [-0.2, -0.15) is 0 Å². The van der Waals surface area contributed by atoms with E-state index in [1.54, 1.807) is 13.8 Å². The van der Waals surface area contributed by atoms with Crippen LogP contribution in [0, 0.1) is 11.8 Å². The molecule has 1 aromatic rings. The standard InChI is InChI=1S/C25H38N4O5/c1-15(2)13-19(27-22(30)18(26)14-17-9-6-5-7-10-17)23(31)28-21(16(3)4)24(32)29-12-8-11-20(29)25(33)34/h5-7,9-10,15-16,18-21H,8,11-14,26H2,1-4H3,(H,27,30)(H,28,31)(H,33,34). The molecule has 0 radical (unpaired) electrons. The predicted molar refractivity (Wildman–Crippen MR) is 129 cm³/mol.